The lowest BCUT2D eigenvalue weighted by molar-refractivity contribution is -0.138. The van der Waals surface area contributed by atoms with Crippen molar-refractivity contribution in [2.45, 2.75) is 116 Å². The van der Waals surface area contributed by atoms with Crippen LogP contribution in [-0.4, -0.2) is 102 Å². The van der Waals surface area contributed by atoms with Crippen LogP contribution in [0.4, 0.5) is 0 Å². The number of phosphoric acid groups is 1. The number of carbonyl (C=O) groups excluding carboxylic acids is 6. The molecule has 0 bridgehead atoms. The third kappa shape index (κ3) is 14.7. The number of primary amides is 1. The van der Waals surface area contributed by atoms with Crippen molar-refractivity contribution in [3.05, 3.63) is 54.1 Å². The molecule has 17 nitrogen and oxygen atoms in total. The number of nitrogens with two attached hydrogens (primary N) is 1. The zero-order chi connectivity index (χ0) is 41.6. The van der Waals surface area contributed by atoms with E-state index < -0.39 is 86.2 Å². The van der Waals surface area contributed by atoms with Gasteiger partial charge in [0.25, 0.3) is 0 Å². The zero-order valence-electron chi connectivity index (χ0n) is 32.5. The number of nitrogens with one attached hydrogen (secondary N) is 2. The van der Waals surface area contributed by atoms with Crippen LogP contribution < -0.4 is 16.4 Å². The van der Waals surface area contributed by atoms with Crippen LogP contribution >= 0.6 is 7.82 Å². The molecule has 1 saturated heterocycles. The van der Waals surface area contributed by atoms with Crippen LogP contribution in [0, 0.1) is 17.8 Å². The van der Waals surface area contributed by atoms with Crippen molar-refractivity contribution in [2.24, 2.45) is 23.5 Å². The minimum atomic E-state index is -5.06. The highest BCUT2D eigenvalue weighted by Crippen LogP contribution is 2.39. The fourth-order valence-corrected chi connectivity index (χ4v) is 7.54. The first-order valence-electron chi connectivity index (χ1n) is 19.0. The monoisotopic (exact) mass is 804 g/mol. The number of hydrogen-bond donors (Lipinski definition) is 6. The number of imidazole rings is 1. The number of unbranched alkanes of at least 4 members (excludes halogenated alkanes) is 1. The number of likely N-dealkylation sites (tertiary alicyclic amines) is 1. The van der Waals surface area contributed by atoms with Gasteiger partial charge < -0.3 is 40.7 Å². The van der Waals surface area contributed by atoms with Crippen LogP contribution in [0.3, 0.4) is 0 Å². The molecule has 18 heteroatoms. The number of aliphatic hydroxyl groups excluding tert-OH is 1. The van der Waals surface area contributed by atoms with E-state index >= 15 is 0 Å². The highest BCUT2D eigenvalue weighted by Gasteiger charge is 2.37. The Kier molecular flexibility index (Phi) is 18.0. The predicted molar refractivity (Wildman–Crippen MR) is 204 cm³/mol. The lowest BCUT2D eigenvalue weighted by Crippen LogP contribution is -2.52. The van der Waals surface area contributed by atoms with Gasteiger partial charge in [0.2, 0.25) is 23.6 Å². The predicted octanol–water partition coefficient (Wildman–Crippen LogP) is 1.60. The molecular formula is C38H57N6O11P. The number of ketones is 2. The number of Topliss-reactive ketones (excluding diaryl/α,β-unsaturated/α-hetero) is 2. The van der Waals surface area contributed by atoms with Crippen LogP contribution in [0.5, 0.6) is 0 Å². The van der Waals surface area contributed by atoms with Gasteiger partial charge >= 0.3 is 7.82 Å². The van der Waals surface area contributed by atoms with Gasteiger partial charge in [-0.25, -0.2) is 9.55 Å². The Bertz CT molecular complexity index is 1700. The van der Waals surface area contributed by atoms with Crippen LogP contribution in [0.2, 0.25) is 0 Å². The maximum absolute atomic E-state index is 14.1. The molecule has 56 heavy (non-hydrogen) atoms. The van der Waals surface area contributed by atoms with Crippen molar-refractivity contribution >= 4 is 43.0 Å². The number of phosphoric ester groups is 1. The number of nitrogens with zero attached hydrogens (tertiary/aromatic N) is 3. The number of aliphatic hydroxyl groups is 1. The van der Waals surface area contributed by atoms with Gasteiger partial charge in [-0.05, 0) is 56.9 Å². The van der Waals surface area contributed by atoms with Crippen molar-refractivity contribution in [3.8, 4) is 0 Å². The van der Waals surface area contributed by atoms with Gasteiger partial charge in [-0.2, -0.15) is 0 Å². The Labute approximate surface area is 327 Å². The molecule has 0 radical (unpaired) electrons. The minimum absolute atomic E-state index is 0.00273. The smallest absolute Gasteiger partial charge is 0.394 e. The average Bonchev–Trinajstić information content (AvgIpc) is 3.80. The topological polar surface area (TPSA) is 261 Å². The molecule has 1 aromatic carbocycles. The summed E-state index contributed by atoms with van der Waals surface area (Å²) in [6.07, 6.45) is 4.54. The molecule has 1 aliphatic heterocycles. The van der Waals surface area contributed by atoms with E-state index in [-0.39, 0.29) is 31.1 Å². The summed E-state index contributed by atoms with van der Waals surface area (Å²) in [5.74, 6) is -6.54. The summed E-state index contributed by atoms with van der Waals surface area (Å²) in [7, 11) is -5.06. The van der Waals surface area contributed by atoms with E-state index in [4.69, 9.17) is 5.73 Å². The van der Waals surface area contributed by atoms with Gasteiger partial charge in [0.1, 0.15) is 12.1 Å². The van der Waals surface area contributed by atoms with Crippen molar-refractivity contribution in [1.82, 2.24) is 25.1 Å². The Morgan fingerprint density at radius 1 is 1.00 bits per heavy atom. The van der Waals surface area contributed by atoms with E-state index in [1.165, 1.54) is 17.4 Å². The summed E-state index contributed by atoms with van der Waals surface area (Å²) in [5, 5.41) is 15.5. The molecular weight excluding hydrogens is 747 g/mol. The number of carbonyl (C=O) groups is 6. The fraction of sp³-hybridized carbons (Fsp3) is 0.605. The van der Waals surface area contributed by atoms with E-state index in [0.29, 0.717) is 31.6 Å². The molecule has 0 aliphatic carbocycles. The number of rotatable bonds is 24. The van der Waals surface area contributed by atoms with E-state index in [9.17, 15) is 48.2 Å². The van der Waals surface area contributed by atoms with E-state index in [2.05, 4.69) is 32.3 Å². The number of hydrogen-bond acceptors (Lipinski definition) is 10. The third-order valence-electron chi connectivity index (χ3n) is 9.95. The number of amides is 4. The second-order valence-corrected chi connectivity index (χ2v) is 16.1. The molecule has 7 N–H and O–H groups in total. The van der Waals surface area contributed by atoms with E-state index in [1.807, 2.05) is 36.6 Å². The van der Waals surface area contributed by atoms with Crippen LogP contribution in [0.15, 0.2) is 42.9 Å². The van der Waals surface area contributed by atoms with Gasteiger partial charge in [-0.1, -0.05) is 44.2 Å². The summed E-state index contributed by atoms with van der Waals surface area (Å²) < 4.78 is 17.8. The van der Waals surface area contributed by atoms with Gasteiger partial charge in [-0.3, -0.25) is 33.3 Å². The summed E-state index contributed by atoms with van der Waals surface area (Å²) in [5.41, 5.74) is 7.24. The molecule has 1 aromatic heterocycles. The molecule has 2 heterocycles. The molecule has 6 atom stereocenters. The Hall–Kier alpha value is -4.28. The number of aromatic nitrogens is 2. The number of benzene rings is 1. The normalized spacial score (nSPS) is 17.1. The zero-order valence-corrected chi connectivity index (χ0v) is 33.4. The molecule has 0 unspecified atom stereocenters. The summed E-state index contributed by atoms with van der Waals surface area (Å²) in [4.78, 5) is 103. The van der Waals surface area contributed by atoms with Crippen molar-refractivity contribution < 1.29 is 52.7 Å². The average molecular weight is 805 g/mol. The largest absolute Gasteiger partial charge is 0.469 e. The molecule has 2 aromatic rings. The van der Waals surface area contributed by atoms with E-state index in [0.717, 1.165) is 26.2 Å². The van der Waals surface area contributed by atoms with Gasteiger partial charge in [0.15, 0.2) is 11.6 Å². The lowest BCUT2D eigenvalue weighted by atomic mass is 9.89. The van der Waals surface area contributed by atoms with Crippen LogP contribution in [0.25, 0.3) is 0 Å². The molecule has 310 valence electrons. The standard InChI is InChI=1S/C38H57N6O11P/c1-24(2)17-31(41-38(51)33-14-10-16-44(33)26(4)46)34(47)19-28(18-29-21-40-23-43(29)15-9-8-13-27-11-6-5-7-12-27)37(50)42-32(22-45)35(48)20-30(36(39)49)25(3)55-56(52,53)54/h5-7,11-12,21,23-25,28,30-33,45H,8-10,13-20,22H2,1-4H3,(H2,39,49)(H,41,51)(H,42,50)(H2,52,53,54)/t25-,28-,30+,31+,32+,33+/m1/s1. The fourth-order valence-electron chi connectivity index (χ4n) is 6.96. The molecule has 3 rings (SSSR count). The lowest BCUT2D eigenvalue weighted by Gasteiger charge is -2.27. The first kappa shape index (κ1) is 46.1. The Balaban J connectivity index is 1.84. The highest BCUT2D eigenvalue weighted by atomic mass is 31.2. The van der Waals surface area contributed by atoms with Crippen molar-refractivity contribution in [3.63, 3.8) is 0 Å². The Morgan fingerprint density at radius 3 is 2.29 bits per heavy atom. The molecule has 0 saturated carbocycles. The molecule has 1 aliphatic rings. The SMILES string of the molecule is CC(=O)N1CCC[C@H]1C(=O)N[C@@H](CC(C)C)C(=O)C[C@@H](Cc1cncn1CCCCc1ccccc1)C(=O)N[C@@H](CO)C(=O)C[C@H](C(N)=O)[C@@H](C)OP(=O)(O)O. The quantitative estimate of drug-likeness (QED) is 0.0653. The third-order valence-corrected chi connectivity index (χ3v) is 10.6. The van der Waals surface area contributed by atoms with Crippen molar-refractivity contribution in [1.29, 1.82) is 0 Å². The Morgan fingerprint density at radius 2 is 1.68 bits per heavy atom. The second kappa shape index (κ2) is 21.9. The molecule has 4 amide bonds. The van der Waals surface area contributed by atoms with Gasteiger partial charge in [0.05, 0.1) is 36.9 Å². The molecule has 0 spiro atoms. The minimum Gasteiger partial charge on any atom is -0.394 e. The van der Waals surface area contributed by atoms with Crippen LogP contribution in [0.1, 0.15) is 83.9 Å². The second-order valence-electron chi connectivity index (χ2n) is 14.9. The summed E-state index contributed by atoms with van der Waals surface area (Å²) in [6, 6.07) is 6.75. The maximum atomic E-state index is 14.1. The number of aryl methyl sites for hydroxylation is 2. The first-order chi connectivity index (χ1) is 26.4. The summed E-state index contributed by atoms with van der Waals surface area (Å²) >= 11 is 0. The molecule has 1 fully saturated rings. The first-order valence-corrected chi connectivity index (χ1v) is 20.5. The van der Waals surface area contributed by atoms with E-state index in [1.54, 1.807) is 12.5 Å². The van der Waals surface area contributed by atoms with Crippen molar-refractivity contribution in [2.75, 3.05) is 13.2 Å². The van der Waals surface area contributed by atoms with Crippen LogP contribution in [-0.2, 0) is 57.2 Å². The van der Waals surface area contributed by atoms with Gasteiger partial charge in [-0.15, -0.1) is 0 Å². The van der Waals surface area contributed by atoms with Gasteiger partial charge in [0, 0.05) is 51.2 Å². The summed E-state index contributed by atoms with van der Waals surface area (Å²) in [6.45, 7) is 6.40. The maximum Gasteiger partial charge on any atom is 0.469 e. The highest BCUT2D eigenvalue weighted by molar-refractivity contribution is 7.46.